The van der Waals surface area contributed by atoms with E-state index >= 15 is 0 Å². The molecule has 0 fully saturated rings. The first-order valence-electron chi connectivity index (χ1n) is 6.89. The lowest BCUT2D eigenvalue weighted by atomic mass is 9.83. The third kappa shape index (κ3) is 2.31. The Morgan fingerprint density at radius 2 is 1.95 bits per heavy atom. The average molecular weight is 271 g/mol. The van der Waals surface area contributed by atoms with E-state index in [9.17, 15) is 4.39 Å². The van der Waals surface area contributed by atoms with Crippen LogP contribution < -0.4 is 5.32 Å². The molecule has 2 heterocycles. The molecule has 20 heavy (non-hydrogen) atoms. The van der Waals surface area contributed by atoms with Crippen LogP contribution >= 0.6 is 0 Å². The van der Waals surface area contributed by atoms with Gasteiger partial charge >= 0.3 is 0 Å². The summed E-state index contributed by atoms with van der Waals surface area (Å²) < 4.78 is 13.1. The summed E-state index contributed by atoms with van der Waals surface area (Å²) >= 11 is 0. The lowest BCUT2D eigenvalue weighted by Gasteiger charge is -2.25. The van der Waals surface area contributed by atoms with Crippen LogP contribution in [0.5, 0.6) is 0 Å². The van der Waals surface area contributed by atoms with Crippen molar-refractivity contribution in [3.05, 3.63) is 58.9 Å². The van der Waals surface area contributed by atoms with Gasteiger partial charge in [0.25, 0.3) is 0 Å². The molecule has 0 amide bonds. The molecule has 4 heteroatoms. The van der Waals surface area contributed by atoms with Crippen molar-refractivity contribution in [3.63, 3.8) is 0 Å². The highest BCUT2D eigenvalue weighted by Gasteiger charge is 2.27. The fourth-order valence-corrected chi connectivity index (χ4v) is 2.53. The summed E-state index contributed by atoms with van der Waals surface area (Å²) in [5.41, 5.74) is 3.00. The van der Waals surface area contributed by atoms with E-state index in [-0.39, 0.29) is 11.2 Å². The first kappa shape index (κ1) is 13.2. The molecule has 0 spiro atoms. The van der Waals surface area contributed by atoms with Crippen LogP contribution in [0.3, 0.4) is 0 Å². The normalized spacial score (nSPS) is 14.9. The van der Waals surface area contributed by atoms with Gasteiger partial charge < -0.3 is 5.32 Å². The first-order chi connectivity index (χ1) is 9.57. The van der Waals surface area contributed by atoms with E-state index < -0.39 is 0 Å². The van der Waals surface area contributed by atoms with Crippen molar-refractivity contribution >= 4 is 0 Å². The van der Waals surface area contributed by atoms with Crippen molar-refractivity contribution in [2.75, 3.05) is 6.54 Å². The van der Waals surface area contributed by atoms with Gasteiger partial charge in [-0.2, -0.15) is 0 Å². The maximum absolute atomic E-state index is 13.1. The second kappa shape index (κ2) is 4.94. The van der Waals surface area contributed by atoms with Crippen LogP contribution in [-0.2, 0) is 18.4 Å². The molecule has 1 aromatic heterocycles. The number of hydrogen-bond acceptors (Lipinski definition) is 3. The highest BCUT2D eigenvalue weighted by molar-refractivity contribution is 5.32. The molecular weight excluding hydrogens is 253 g/mol. The van der Waals surface area contributed by atoms with Crippen LogP contribution in [0.15, 0.2) is 30.5 Å². The highest BCUT2D eigenvalue weighted by atomic mass is 19.1. The van der Waals surface area contributed by atoms with Gasteiger partial charge in [-0.25, -0.2) is 14.4 Å². The summed E-state index contributed by atoms with van der Waals surface area (Å²) in [7, 11) is 0. The largest absolute Gasteiger partial charge is 0.312 e. The molecule has 0 saturated heterocycles. The zero-order valence-corrected chi connectivity index (χ0v) is 11.8. The minimum atomic E-state index is -0.326. The molecule has 2 aromatic rings. The molecule has 0 unspecified atom stereocenters. The number of rotatable bonds is 2. The Balaban J connectivity index is 2.00. The molecule has 104 valence electrons. The fourth-order valence-electron chi connectivity index (χ4n) is 2.53. The lowest BCUT2D eigenvalue weighted by molar-refractivity contribution is 0.560. The highest BCUT2D eigenvalue weighted by Crippen LogP contribution is 2.29. The standard InChI is InChI=1S/C16H18FN3/c1-16(2,12-3-5-13(17)6-4-12)15-19-10-11-9-18-8-7-14(11)20-15/h3-6,10,18H,7-9H2,1-2H3. The topological polar surface area (TPSA) is 37.8 Å². The SMILES string of the molecule is CC(C)(c1ccc(F)cc1)c1ncc2c(n1)CCNC2. The molecule has 1 aromatic carbocycles. The van der Waals surface area contributed by atoms with Gasteiger partial charge in [-0.3, -0.25) is 0 Å². The molecule has 0 bridgehead atoms. The van der Waals surface area contributed by atoms with E-state index in [1.807, 2.05) is 6.20 Å². The number of nitrogens with one attached hydrogen (secondary N) is 1. The summed E-state index contributed by atoms with van der Waals surface area (Å²) in [6.07, 6.45) is 2.85. The van der Waals surface area contributed by atoms with E-state index in [2.05, 4.69) is 24.1 Å². The number of aromatic nitrogens is 2. The minimum absolute atomic E-state index is 0.220. The van der Waals surface area contributed by atoms with Crippen molar-refractivity contribution in [2.24, 2.45) is 0 Å². The predicted octanol–water partition coefficient (Wildman–Crippen LogP) is 2.59. The monoisotopic (exact) mass is 271 g/mol. The minimum Gasteiger partial charge on any atom is -0.312 e. The molecule has 0 aliphatic carbocycles. The van der Waals surface area contributed by atoms with E-state index in [1.54, 1.807) is 12.1 Å². The van der Waals surface area contributed by atoms with Crippen LogP contribution in [0.4, 0.5) is 4.39 Å². The number of fused-ring (bicyclic) bond motifs is 1. The van der Waals surface area contributed by atoms with E-state index in [0.29, 0.717) is 0 Å². The predicted molar refractivity (Wildman–Crippen MR) is 76.0 cm³/mol. The van der Waals surface area contributed by atoms with Crippen molar-refractivity contribution in [1.82, 2.24) is 15.3 Å². The lowest BCUT2D eigenvalue weighted by Crippen LogP contribution is -2.28. The van der Waals surface area contributed by atoms with Gasteiger partial charge in [-0.15, -0.1) is 0 Å². The summed E-state index contributed by atoms with van der Waals surface area (Å²) in [5, 5.41) is 3.32. The van der Waals surface area contributed by atoms with Crippen molar-refractivity contribution in [1.29, 1.82) is 0 Å². The molecule has 1 aliphatic rings. The van der Waals surface area contributed by atoms with Crippen LogP contribution in [0.25, 0.3) is 0 Å². The Morgan fingerprint density at radius 1 is 1.20 bits per heavy atom. The maximum atomic E-state index is 13.1. The quantitative estimate of drug-likeness (QED) is 0.912. The Hall–Kier alpha value is -1.81. The average Bonchev–Trinajstić information content (AvgIpc) is 2.47. The zero-order chi connectivity index (χ0) is 14.2. The van der Waals surface area contributed by atoms with E-state index in [1.165, 1.54) is 17.7 Å². The Kier molecular flexibility index (Phi) is 3.26. The molecule has 3 nitrogen and oxygen atoms in total. The van der Waals surface area contributed by atoms with E-state index in [0.717, 1.165) is 36.6 Å². The van der Waals surface area contributed by atoms with Gasteiger partial charge in [0.1, 0.15) is 11.6 Å². The molecular formula is C16H18FN3. The molecule has 1 N–H and O–H groups in total. The number of nitrogens with zero attached hydrogens (tertiary/aromatic N) is 2. The Morgan fingerprint density at radius 3 is 2.70 bits per heavy atom. The van der Waals surface area contributed by atoms with Crippen molar-refractivity contribution in [2.45, 2.75) is 32.2 Å². The second-order valence-electron chi connectivity index (χ2n) is 5.72. The number of halogens is 1. The smallest absolute Gasteiger partial charge is 0.138 e. The van der Waals surface area contributed by atoms with Gasteiger partial charge in [0.2, 0.25) is 0 Å². The van der Waals surface area contributed by atoms with Crippen molar-refractivity contribution in [3.8, 4) is 0 Å². The van der Waals surface area contributed by atoms with Gasteiger partial charge in [-0.1, -0.05) is 12.1 Å². The van der Waals surface area contributed by atoms with Crippen LogP contribution in [0.2, 0.25) is 0 Å². The molecule has 0 saturated carbocycles. The van der Waals surface area contributed by atoms with Crippen LogP contribution in [0.1, 0.15) is 36.5 Å². The number of benzene rings is 1. The maximum Gasteiger partial charge on any atom is 0.138 e. The second-order valence-corrected chi connectivity index (χ2v) is 5.72. The third-order valence-electron chi connectivity index (χ3n) is 3.93. The molecule has 0 radical (unpaired) electrons. The van der Waals surface area contributed by atoms with E-state index in [4.69, 9.17) is 4.98 Å². The summed E-state index contributed by atoms with van der Waals surface area (Å²) in [6.45, 7) is 5.94. The van der Waals surface area contributed by atoms with Gasteiger partial charge in [0, 0.05) is 42.4 Å². The van der Waals surface area contributed by atoms with Crippen molar-refractivity contribution < 1.29 is 4.39 Å². The molecule has 3 rings (SSSR count). The fraction of sp³-hybridized carbons (Fsp3) is 0.375. The molecule has 0 atom stereocenters. The first-order valence-corrected chi connectivity index (χ1v) is 6.89. The van der Waals surface area contributed by atoms with Gasteiger partial charge in [-0.05, 0) is 31.5 Å². The van der Waals surface area contributed by atoms with Crippen LogP contribution in [-0.4, -0.2) is 16.5 Å². The Bertz CT molecular complexity index is 620. The van der Waals surface area contributed by atoms with Crippen LogP contribution in [0, 0.1) is 5.82 Å². The zero-order valence-electron chi connectivity index (χ0n) is 11.8. The van der Waals surface area contributed by atoms with Gasteiger partial charge in [0.05, 0.1) is 0 Å². The van der Waals surface area contributed by atoms with Gasteiger partial charge in [0.15, 0.2) is 0 Å². The Labute approximate surface area is 118 Å². The third-order valence-corrected chi connectivity index (χ3v) is 3.93. The molecule has 1 aliphatic heterocycles. The summed E-state index contributed by atoms with van der Waals surface area (Å²) in [4.78, 5) is 9.26. The summed E-state index contributed by atoms with van der Waals surface area (Å²) in [5.74, 6) is 0.576. The number of hydrogen-bond donors (Lipinski definition) is 1. The summed E-state index contributed by atoms with van der Waals surface area (Å²) in [6, 6.07) is 6.58.